The molecule has 0 spiro atoms. The van der Waals surface area contributed by atoms with Crippen LogP contribution in [0.4, 0.5) is 0 Å². The van der Waals surface area contributed by atoms with E-state index >= 15 is 0 Å². The van der Waals surface area contributed by atoms with Gasteiger partial charge in [-0.25, -0.2) is 4.98 Å². The molecule has 0 saturated carbocycles. The predicted octanol–water partition coefficient (Wildman–Crippen LogP) is 2.51. The zero-order valence-electron chi connectivity index (χ0n) is 11.5. The number of nitrogens with one attached hydrogen (secondary N) is 1. The minimum absolute atomic E-state index is 0.134. The van der Waals surface area contributed by atoms with Gasteiger partial charge < -0.3 is 9.88 Å². The number of hydrogen-bond acceptors (Lipinski definition) is 3. The molecule has 0 aliphatic carbocycles. The van der Waals surface area contributed by atoms with Crippen LogP contribution in [0.2, 0.25) is 0 Å². The SMILES string of the molecule is CNC(=O)C(C)n1c(C(C)Cl)nc2ccc(C#N)cc21. The van der Waals surface area contributed by atoms with Crippen LogP contribution in [-0.2, 0) is 4.79 Å². The zero-order valence-corrected chi connectivity index (χ0v) is 12.3. The van der Waals surface area contributed by atoms with E-state index < -0.39 is 6.04 Å². The number of likely N-dealkylation sites (N-methyl/N-ethyl adjacent to an activating group) is 1. The van der Waals surface area contributed by atoms with Crippen molar-refractivity contribution < 1.29 is 4.79 Å². The van der Waals surface area contributed by atoms with Gasteiger partial charge in [-0.15, -0.1) is 11.6 Å². The van der Waals surface area contributed by atoms with Gasteiger partial charge in [0.25, 0.3) is 0 Å². The van der Waals surface area contributed by atoms with Crippen LogP contribution in [0, 0.1) is 11.3 Å². The molecule has 104 valence electrons. The number of nitrogens with zero attached hydrogens (tertiary/aromatic N) is 3. The van der Waals surface area contributed by atoms with Gasteiger partial charge in [-0.1, -0.05) is 0 Å². The van der Waals surface area contributed by atoms with Gasteiger partial charge in [0, 0.05) is 7.05 Å². The first-order chi connectivity index (χ1) is 9.49. The van der Waals surface area contributed by atoms with E-state index in [1.807, 2.05) is 0 Å². The molecule has 0 fully saturated rings. The lowest BCUT2D eigenvalue weighted by molar-refractivity contribution is -0.123. The van der Waals surface area contributed by atoms with E-state index in [0.29, 0.717) is 11.4 Å². The van der Waals surface area contributed by atoms with E-state index in [0.717, 1.165) is 11.0 Å². The number of alkyl halides is 1. The molecule has 1 amide bonds. The molecule has 0 saturated heterocycles. The lowest BCUT2D eigenvalue weighted by Gasteiger charge is -2.17. The van der Waals surface area contributed by atoms with Crippen molar-refractivity contribution in [1.82, 2.24) is 14.9 Å². The molecule has 20 heavy (non-hydrogen) atoms. The second-order valence-electron chi connectivity index (χ2n) is 4.56. The maximum Gasteiger partial charge on any atom is 0.242 e. The molecular weight excluding hydrogens is 276 g/mol. The molecule has 0 radical (unpaired) electrons. The van der Waals surface area contributed by atoms with Gasteiger partial charge >= 0.3 is 0 Å². The van der Waals surface area contributed by atoms with Crippen LogP contribution < -0.4 is 5.32 Å². The lowest BCUT2D eigenvalue weighted by Crippen LogP contribution is -2.28. The Morgan fingerprint density at radius 2 is 2.20 bits per heavy atom. The molecule has 2 rings (SSSR count). The van der Waals surface area contributed by atoms with Crippen molar-refractivity contribution >= 4 is 28.5 Å². The molecule has 2 aromatic rings. The van der Waals surface area contributed by atoms with E-state index in [1.165, 1.54) is 0 Å². The van der Waals surface area contributed by atoms with E-state index in [4.69, 9.17) is 16.9 Å². The molecular formula is C14H15ClN4O. The number of nitriles is 1. The van der Waals surface area contributed by atoms with Crippen molar-refractivity contribution in [1.29, 1.82) is 5.26 Å². The van der Waals surface area contributed by atoms with Crippen LogP contribution in [0.25, 0.3) is 11.0 Å². The summed E-state index contributed by atoms with van der Waals surface area (Å²) >= 11 is 6.17. The van der Waals surface area contributed by atoms with Crippen LogP contribution in [0.3, 0.4) is 0 Å². The Hall–Kier alpha value is -2.06. The molecule has 1 aromatic carbocycles. The molecule has 1 N–H and O–H groups in total. The molecule has 1 aromatic heterocycles. The zero-order chi connectivity index (χ0) is 14.9. The summed E-state index contributed by atoms with van der Waals surface area (Å²) in [5.41, 5.74) is 1.99. The quantitative estimate of drug-likeness (QED) is 0.883. The van der Waals surface area contributed by atoms with Crippen LogP contribution in [0.5, 0.6) is 0 Å². The standard InChI is InChI=1S/C14H15ClN4O/c1-8(15)13-18-11-5-4-10(7-16)6-12(11)19(13)9(2)14(20)17-3/h4-6,8-9H,1-3H3,(H,17,20). The van der Waals surface area contributed by atoms with Crippen LogP contribution >= 0.6 is 11.6 Å². The van der Waals surface area contributed by atoms with Gasteiger partial charge in [0.05, 0.1) is 28.0 Å². The molecule has 0 aliphatic heterocycles. The maximum atomic E-state index is 11.9. The first kappa shape index (κ1) is 14.4. The van der Waals surface area contributed by atoms with Crippen LogP contribution in [0.15, 0.2) is 18.2 Å². The third-order valence-electron chi connectivity index (χ3n) is 3.21. The highest BCUT2D eigenvalue weighted by atomic mass is 35.5. The highest BCUT2D eigenvalue weighted by molar-refractivity contribution is 6.20. The molecule has 5 nitrogen and oxygen atoms in total. The average molecular weight is 291 g/mol. The Morgan fingerprint density at radius 3 is 2.75 bits per heavy atom. The fourth-order valence-electron chi connectivity index (χ4n) is 2.19. The second-order valence-corrected chi connectivity index (χ2v) is 5.22. The number of fused-ring (bicyclic) bond motifs is 1. The molecule has 2 unspecified atom stereocenters. The minimum Gasteiger partial charge on any atom is -0.357 e. The summed E-state index contributed by atoms with van der Waals surface area (Å²) in [7, 11) is 1.59. The first-order valence-electron chi connectivity index (χ1n) is 6.27. The summed E-state index contributed by atoms with van der Waals surface area (Å²) in [4.78, 5) is 16.4. The van der Waals surface area contributed by atoms with Crippen molar-refractivity contribution in [2.24, 2.45) is 0 Å². The van der Waals surface area contributed by atoms with Crippen molar-refractivity contribution in [3.63, 3.8) is 0 Å². The Morgan fingerprint density at radius 1 is 1.50 bits per heavy atom. The fourth-order valence-corrected chi connectivity index (χ4v) is 2.35. The van der Waals surface area contributed by atoms with E-state index in [-0.39, 0.29) is 11.3 Å². The smallest absolute Gasteiger partial charge is 0.242 e. The number of aromatic nitrogens is 2. The number of imidazole rings is 1. The number of hydrogen-bond donors (Lipinski definition) is 1. The number of rotatable bonds is 3. The normalized spacial score (nSPS) is 13.8. The van der Waals surface area contributed by atoms with Crippen molar-refractivity contribution in [2.45, 2.75) is 25.3 Å². The number of amides is 1. The number of carbonyl (C=O) groups excluding carboxylic acids is 1. The Bertz CT molecular complexity index is 699. The highest BCUT2D eigenvalue weighted by Gasteiger charge is 2.23. The second kappa shape index (κ2) is 5.51. The highest BCUT2D eigenvalue weighted by Crippen LogP contribution is 2.28. The molecule has 2 atom stereocenters. The summed E-state index contributed by atoms with van der Waals surface area (Å²) in [6.45, 7) is 3.59. The van der Waals surface area contributed by atoms with Gasteiger partial charge in [-0.3, -0.25) is 4.79 Å². The van der Waals surface area contributed by atoms with Gasteiger partial charge in [-0.2, -0.15) is 5.26 Å². The van der Waals surface area contributed by atoms with Gasteiger partial charge in [0.15, 0.2) is 0 Å². The summed E-state index contributed by atoms with van der Waals surface area (Å²) < 4.78 is 1.78. The number of halogens is 1. The largest absolute Gasteiger partial charge is 0.357 e. The fraction of sp³-hybridized carbons (Fsp3) is 0.357. The maximum absolute atomic E-state index is 11.9. The Balaban J connectivity index is 2.73. The van der Waals surface area contributed by atoms with Gasteiger partial charge in [0.2, 0.25) is 5.91 Å². The third-order valence-corrected chi connectivity index (χ3v) is 3.41. The van der Waals surface area contributed by atoms with Crippen LogP contribution in [-0.4, -0.2) is 22.5 Å². The summed E-state index contributed by atoms with van der Waals surface area (Å²) in [5, 5.41) is 11.3. The Kier molecular flexibility index (Phi) is 3.96. The minimum atomic E-state index is -0.449. The Labute approximate surface area is 122 Å². The van der Waals surface area contributed by atoms with Gasteiger partial charge in [0.1, 0.15) is 11.9 Å². The molecule has 6 heteroatoms. The van der Waals surface area contributed by atoms with Gasteiger partial charge in [-0.05, 0) is 32.0 Å². The predicted molar refractivity (Wildman–Crippen MR) is 77.5 cm³/mol. The topological polar surface area (TPSA) is 70.7 Å². The van der Waals surface area contributed by atoms with E-state index in [1.54, 1.807) is 43.7 Å². The summed E-state index contributed by atoms with van der Waals surface area (Å²) in [5.74, 6) is 0.484. The van der Waals surface area contributed by atoms with Crippen molar-refractivity contribution in [3.05, 3.63) is 29.6 Å². The monoisotopic (exact) mass is 290 g/mol. The molecule has 0 bridgehead atoms. The lowest BCUT2D eigenvalue weighted by atomic mass is 10.2. The first-order valence-corrected chi connectivity index (χ1v) is 6.71. The van der Waals surface area contributed by atoms with Crippen molar-refractivity contribution in [3.8, 4) is 6.07 Å². The van der Waals surface area contributed by atoms with Crippen molar-refractivity contribution in [2.75, 3.05) is 7.05 Å². The molecule has 1 heterocycles. The number of carbonyl (C=O) groups is 1. The number of benzene rings is 1. The van der Waals surface area contributed by atoms with E-state index in [9.17, 15) is 4.79 Å². The summed E-state index contributed by atoms with van der Waals surface area (Å²) in [6, 6.07) is 6.84. The van der Waals surface area contributed by atoms with Crippen LogP contribution in [0.1, 0.15) is 36.7 Å². The van der Waals surface area contributed by atoms with E-state index in [2.05, 4.69) is 16.4 Å². The average Bonchev–Trinajstić information content (AvgIpc) is 2.83. The molecule has 0 aliphatic rings. The third kappa shape index (κ3) is 2.35. The summed E-state index contributed by atoms with van der Waals surface area (Å²) in [6.07, 6.45) is 0.